The Morgan fingerprint density at radius 3 is 2.20 bits per heavy atom. The third-order valence-electron chi connectivity index (χ3n) is 3.86. The van der Waals surface area contributed by atoms with Crippen LogP contribution in [0.5, 0.6) is 5.75 Å². The van der Waals surface area contributed by atoms with Gasteiger partial charge in [-0.25, -0.2) is 8.42 Å². The molecular formula is C20H19NO3S. The molecule has 0 saturated heterocycles. The second-order valence-corrected chi connectivity index (χ2v) is 7.74. The average molecular weight is 353 g/mol. The Morgan fingerprint density at radius 1 is 0.880 bits per heavy atom. The Hall–Kier alpha value is -2.79. The van der Waals surface area contributed by atoms with Gasteiger partial charge in [-0.05, 0) is 36.8 Å². The number of nitrogen functional groups attached to an aromatic ring is 1. The van der Waals surface area contributed by atoms with Crippen molar-refractivity contribution in [1.29, 1.82) is 0 Å². The molecule has 0 aromatic heterocycles. The molecule has 128 valence electrons. The monoisotopic (exact) mass is 353 g/mol. The fourth-order valence-corrected chi connectivity index (χ4v) is 3.67. The summed E-state index contributed by atoms with van der Waals surface area (Å²) in [7, 11) is -3.61. The molecule has 25 heavy (non-hydrogen) atoms. The molecule has 3 rings (SSSR count). The number of nitrogens with two attached hydrogens (primary N) is 1. The van der Waals surface area contributed by atoms with Crippen LogP contribution in [0.4, 0.5) is 5.69 Å². The number of sulfone groups is 1. The first kappa shape index (κ1) is 17.0. The van der Waals surface area contributed by atoms with Gasteiger partial charge in [0.15, 0.2) is 0 Å². The van der Waals surface area contributed by atoms with Crippen LogP contribution in [0, 0.1) is 6.92 Å². The van der Waals surface area contributed by atoms with Gasteiger partial charge < -0.3 is 10.5 Å². The highest BCUT2D eigenvalue weighted by molar-refractivity contribution is 7.91. The molecule has 4 nitrogen and oxygen atoms in total. The summed E-state index contributed by atoms with van der Waals surface area (Å²) < 4.78 is 31.3. The van der Waals surface area contributed by atoms with Gasteiger partial charge in [0.25, 0.3) is 0 Å². The molecule has 2 N–H and O–H groups in total. The SMILES string of the molecule is Cc1ccc(S(=O)(=O)c2ccc(N)c(OCc3ccccc3)c2)cc1. The minimum Gasteiger partial charge on any atom is -0.487 e. The Labute approximate surface area is 147 Å². The van der Waals surface area contributed by atoms with Gasteiger partial charge in [-0.15, -0.1) is 0 Å². The number of anilines is 1. The van der Waals surface area contributed by atoms with Crippen LogP contribution < -0.4 is 10.5 Å². The number of hydrogen-bond acceptors (Lipinski definition) is 4. The number of rotatable bonds is 5. The maximum atomic E-state index is 12.8. The lowest BCUT2D eigenvalue weighted by Gasteiger charge is -2.11. The van der Waals surface area contributed by atoms with Gasteiger partial charge in [-0.1, -0.05) is 48.0 Å². The molecule has 0 radical (unpaired) electrons. The highest BCUT2D eigenvalue weighted by atomic mass is 32.2. The van der Waals surface area contributed by atoms with Crippen molar-refractivity contribution >= 4 is 15.5 Å². The Bertz CT molecular complexity index is 966. The van der Waals surface area contributed by atoms with E-state index in [1.165, 1.54) is 12.1 Å². The Balaban J connectivity index is 1.89. The third-order valence-corrected chi connectivity index (χ3v) is 5.63. The molecule has 0 fully saturated rings. The van der Waals surface area contributed by atoms with Crippen LogP contribution in [0.25, 0.3) is 0 Å². The average Bonchev–Trinajstić information content (AvgIpc) is 2.62. The first-order valence-corrected chi connectivity index (χ1v) is 9.33. The Kier molecular flexibility index (Phi) is 4.76. The van der Waals surface area contributed by atoms with E-state index in [0.717, 1.165) is 11.1 Å². The van der Waals surface area contributed by atoms with Gasteiger partial charge in [0.05, 0.1) is 15.5 Å². The van der Waals surface area contributed by atoms with E-state index in [2.05, 4.69) is 0 Å². The van der Waals surface area contributed by atoms with E-state index in [-0.39, 0.29) is 9.79 Å². The van der Waals surface area contributed by atoms with Gasteiger partial charge in [0.1, 0.15) is 12.4 Å². The van der Waals surface area contributed by atoms with Crippen molar-refractivity contribution in [1.82, 2.24) is 0 Å². The summed E-state index contributed by atoms with van der Waals surface area (Å²) >= 11 is 0. The van der Waals surface area contributed by atoms with Crippen molar-refractivity contribution < 1.29 is 13.2 Å². The van der Waals surface area contributed by atoms with Crippen LogP contribution in [0.2, 0.25) is 0 Å². The van der Waals surface area contributed by atoms with E-state index in [1.54, 1.807) is 30.3 Å². The summed E-state index contributed by atoms with van der Waals surface area (Å²) in [5, 5.41) is 0. The highest BCUT2D eigenvalue weighted by Gasteiger charge is 2.19. The lowest BCUT2D eigenvalue weighted by molar-refractivity contribution is 0.307. The van der Waals surface area contributed by atoms with Crippen LogP contribution in [0.3, 0.4) is 0 Å². The molecule has 5 heteroatoms. The third kappa shape index (κ3) is 3.83. The lowest BCUT2D eigenvalue weighted by Crippen LogP contribution is -2.04. The van der Waals surface area contributed by atoms with Crippen LogP contribution >= 0.6 is 0 Å². The molecule has 3 aromatic rings. The standard InChI is InChI=1S/C20H19NO3S/c1-15-7-9-17(10-8-15)25(22,23)18-11-12-19(21)20(13-18)24-14-16-5-3-2-4-6-16/h2-13H,14,21H2,1H3. The molecule has 0 atom stereocenters. The predicted molar refractivity (Wildman–Crippen MR) is 98.3 cm³/mol. The number of benzene rings is 3. The van der Waals surface area contributed by atoms with Crippen molar-refractivity contribution in [3.05, 3.63) is 83.9 Å². The van der Waals surface area contributed by atoms with E-state index in [1.807, 2.05) is 37.3 Å². The molecule has 3 aromatic carbocycles. The zero-order valence-corrected chi connectivity index (χ0v) is 14.7. The van der Waals surface area contributed by atoms with Gasteiger partial charge in [-0.2, -0.15) is 0 Å². The van der Waals surface area contributed by atoms with Crippen LogP contribution in [0.1, 0.15) is 11.1 Å². The fraction of sp³-hybridized carbons (Fsp3) is 0.100. The maximum Gasteiger partial charge on any atom is 0.206 e. The summed E-state index contributed by atoms with van der Waals surface area (Å²) in [6.45, 7) is 2.23. The largest absolute Gasteiger partial charge is 0.487 e. The van der Waals surface area contributed by atoms with Gasteiger partial charge >= 0.3 is 0 Å². The maximum absolute atomic E-state index is 12.8. The number of aryl methyl sites for hydroxylation is 1. The quantitative estimate of drug-likeness (QED) is 0.704. The highest BCUT2D eigenvalue weighted by Crippen LogP contribution is 2.29. The topological polar surface area (TPSA) is 69.4 Å². The zero-order chi connectivity index (χ0) is 17.9. The first-order chi connectivity index (χ1) is 12.0. The van der Waals surface area contributed by atoms with Crippen molar-refractivity contribution in [2.24, 2.45) is 0 Å². The predicted octanol–water partition coefficient (Wildman–Crippen LogP) is 3.99. The minimum atomic E-state index is -3.61. The molecule has 0 amide bonds. The molecule has 0 heterocycles. The lowest BCUT2D eigenvalue weighted by atomic mass is 10.2. The van der Waals surface area contributed by atoms with Crippen molar-refractivity contribution in [3.8, 4) is 5.75 Å². The van der Waals surface area contributed by atoms with Gasteiger partial charge in [-0.3, -0.25) is 0 Å². The number of ether oxygens (including phenoxy) is 1. The summed E-state index contributed by atoms with van der Waals surface area (Å²) in [5.41, 5.74) is 8.32. The van der Waals surface area contributed by atoms with Crippen LogP contribution in [-0.4, -0.2) is 8.42 Å². The molecule has 0 spiro atoms. The summed E-state index contributed by atoms with van der Waals surface area (Å²) in [5.74, 6) is 0.358. The second kappa shape index (κ2) is 6.99. The van der Waals surface area contributed by atoms with Gasteiger partial charge in [0, 0.05) is 6.07 Å². The molecule has 0 aliphatic rings. The van der Waals surface area contributed by atoms with Crippen molar-refractivity contribution in [3.63, 3.8) is 0 Å². The first-order valence-electron chi connectivity index (χ1n) is 7.85. The van der Waals surface area contributed by atoms with E-state index in [0.29, 0.717) is 18.0 Å². The Morgan fingerprint density at radius 2 is 1.52 bits per heavy atom. The normalized spacial score (nSPS) is 11.2. The van der Waals surface area contributed by atoms with E-state index in [9.17, 15) is 8.42 Å². The van der Waals surface area contributed by atoms with E-state index < -0.39 is 9.84 Å². The summed E-state index contributed by atoms with van der Waals surface area (Å²) in [6, 6.07) is 20.9. The van der Waals surface area contributed by atoms with Crippen molar-refractivity contribution in [2.75, 3.05) is 5.73 Å². The molecule has 0 saturated carbocycles. The van der Waals surface area contributed by atoms with Crippen LogP contribution in [0.15, 0.2) is 82.6 Å². The van der Waals surface area contributed by atoms with E-state index >= 15 is 0 Å². The molecule has 0 aliphatic heterocycles. The molecule has 0 unspecified atom stereocenters. The van der Waals surface area contributed by atoms with Crippen molar-refractivity contribution in [2.45, 2.75) is 23.3 Å². The molecule has 0 bridgehead atoms. The smallest absolute Gasteiger partial charge is 0.206 e. The van der Waals surface area contributed by atoms with Crippen LogP contribution in [-0.2, 0) is 16.4 Å². The molecule has 0 aliphatic carbocycles. The minimum absolute atomic E-state index is 0.161. The number of hydrogen-bond donors (Lipinski definition) is 1. The second-order valence-electron chi connectivity index (χ2n) is 5.79. The fourth-order valence-electron chi connectivity index (χ4n) is 2.40. The summed E-state index contributed by atoms with van der Waals surface area (Å²) in [4.78, 5) is 0.408. The summed E-state index contributed by atoms with van der Waals surface area (Å²) in [6.07, 6.45) is 0. The molecular weight excluding hydrogens is 334 g/mol. The zero-order valence-electron chi connectivity index (χ0n) is 13.8. The van der Waals surface area contributed by atoms with E-state index in [4.69, 9.17) is 10.5 Å². The van der Waals surface area contributed by atoms with Gasteiger partial charge in [0.2, 0.25) is 9.84 Å².